The van der Waals surface area contributed by atoms with Gasteiger partial charge in [-0.3, -0.25) is 10.1 Å². The summed E-state index contributed by atoms with van der Waals surface area (Å²) in [6.45, 7) is 4.17. The predicted molar refractivity (Wildman–Crippen MR) is 68.5 cm³/mol. The van der Waals surface area contributed by atoms with Gasteiger partial charge in [-0.25, -0.2) is 4.98 Å². The molecule has 0 aliphatic heterocycles. The Morgan fingerprint density at radius 1 is 1.44 bits per heavy atom. The van der Waals surface area contributed by atoms with Crippen LogP contribution < -0.4 is 5.32 Å². The Morgan fingerprint density at radius 2 is 2.22 bits per heavy atom. The number of nitrogens with zero attached hydrogens (tertiary/aromatic N) is 2. The topological polar surface area (TPSA) is 83.8 Å². The number of rotatable bonds is 4. The lowest BCUT2D eigenvalue weighted by Gasteiger charge is -2.08. The van der Waals surface area contributed by atoms with Crippen molar-refractivity contribution in [3.63, 3.8) is 0 Å². The maximum atomic E-state index is 10.8. The summed E-state index contributed by atoms with van der Waals surface area (Å²) in [5.74, 6) is 0.850. The first kappa shape index (κ1) is 12.1. The number of imidazole rings is 1. The fourth-order valence-electron chi connectivity index (χ4n) is 1.76. The van der Waals surface area contributed by atoms with Gasteiger partial charge in [-0.1, -0.05) is 6.07 Å². The highest BCUT2D eigenvalue weighted by atomic mass is 16.6. The number of aryl methyl sites for hydroxylation is 1. The van der Waals surface area contributed by atoms with E-state index in [0.29, 0.717) is 12.1 Å². The quantitative estimate of drug-likeness (QED) is 0.641. The molecule has 0 radical (unpaired) electrons. The number of aromatic amines is 1. The summed E-state index contributed by atoms with van der Waals surface area (Å²) in [6.07, 6.45) is 1.75. The highest BCUT2D eigenvalue weighted by Gasteiger charge is 2.12. The molecule has 0 saturated heterocycles. The standard InChI is InChI=1S/C12H14N4O2/c1-8-11(4-3-5-12(8)16(17)18)14-7-10-6-13-9(2)15-10/h3-6,14H,7H2,1-2H3,(H,13,15). The Bertz CT molecular complexity index is 577. The van der Waals surface area contributed by atoms with Gasteiger partial charge in [0.05, 0.1) is 23.4 Å². The monoisotopic (exact) mass is 246 g/mol. The van der Waals surface area contributed by atoms with Crippen molar-refractivity contribution >= 4 is 11.4 Å². The third-order valence-electron chi connectivity index (χ3n) is 2.73. The molecule has 0 spiro atoms. The van der Waals surface area contributed by atoms with Crippen molar-refractivity contribution in [3.05, 3.63) is 51.6 Å². The molecule has 0 unspecified atom stereocenters. The lowest BCUT2D eigenvalue weighted by atomic mass is 10.1. The maximum Gasteiger partial charge on any atom is 0.274 e. The van der Waals surface area contributed by atoms with Crippen LogP contribution in [0, 0.1) is 24.0 Å². The van der Waals surface area contributed by atoms with Crippen molar-refractivity contribution in [1.82, 2.24) is 9.97 Å². The van der Waals surface area contributed by atoms with Crippen LogP contribution in [0.3, 0.4) is 0 Å². The van der Waals surface area contributed by atoms with Crippen molar-refractivity contribution in [2.45, 2.75) is 20.4 Å². The number of nitro benzene ring substituents is 1. The molecule has 1 heterocycles. The van der Waals surface area contributed by atoms with Crippen LogP contribution in [-0.4, -0.2) is 14.9 Å². The number of H-pyrrole nitrogens is 1. The molecule has 1 aromatic heterocycles. The van der Waals surface area contributed by atoms with Crippen LogP contribution >= 0.6 is 0 Å². The molecule has 0 saturated carbocycles. The minimum atomic E-state index is -0.374. The molecule has 0 bridgehead atoms. The highest BCUT2D eigenvalue weighted by Crippen LogP contribution is 2.25. The normalized spacial score (nSPS) is 10.3. The molecule has 0 atom stereocenters. The van der Waals surface area contributed by atoms with Crippen molar-refractivity contribution in [2.24, 2.45) is 0 Å². The molecule has 6 heteroatoms. The second-order valence-electron chi connectivity index (χ2n) is 4.05. The summed E-state index contributed by atoms with van der Waals surface area (Å²) < 4.78 is 0. The van der Waals surface area contributed by atoms with Gasteiger partial charge < -0.3 is 10.3 Å². The SMILES string of the molecule is Cc1ncc(CNc2cccc([N+](=O)[O-])c2C)[nH]1. The molecule has 2 aromatic rings. The summed E-state index contributed by atoms with van der Waals surface area (Å²) in [5.41, 5.74) is 2.47. The molecule has 0 aliphatic rings. The number of nitro groups is 1. The van der Waals surface area contributed by atoms with Gasteiger partial charge in [0.2, 0.25) is 0 Å². The minimum absolute atomic E-state index is 0.126. The maximum absolute atomic E-state index is 10.8. The van der Waals surface area contributed by atoms with Crippen LogP contribution in [0.25, 0.3) is 0 Å². The summed E-state index contributed by atoms with van der Waals surface area (Å²) in [4.78, 5) is 17.6. The number of nitrogens with one attached hydrogen (secondary N) is 2. The Balaban J connectivity index is 2.14. The van der Waals surface area contributed by atoms with Gasteiger partial charge in [-0.15, -0.1) is 0 Å². The summed E-state index contributed by atoms with van der Waals surface area (Å²) >= 11 is 0. The van der Waals surface area contributed by atoms with Crippen LogP contribution in [0.1, 0.15) is 17.1 Å². The van der Waals surface area contributed by atoms with Crippen LogP contribution in [0.5, 0.6) is 0 Å². The Hall–Kier alpha value is -2.37. The lowest BCUT2D eigenvalue weighted by molar-refractivity contribution is -0.385. The number of hydrogen-bond donors (Lipinski definition) is 2. The van der Waals surface area contributed by atoms with E-state index in [1.165, 1.54) is 6.07 Å². The van der Waals surface area contributed by atoms with Crippen LogP contribution in [-0.2, 0) is 6.54 Å². The van der Waals surface area contributed by atoms with Gasteiger partial charge in [-0.05, 0) is 19.9 Å². The van der Waals surface area contributed by atoms with E-state index in [1.807, 2.05) is 13.0 Å². The zero-order chi connectivity index (χ0) is 13.1. The van der Waals surface area contributed by atoms with Crippen LogP contribution in [0.4, 0.5) is 11.4 Å². The average Bonchev–Trinajstić information content (AvgIpc) is 2.73. The third-order valence-corrected chi connectivity index (χ3v) is 2.73. The summed E-state index contributed by atoms with van der Waals surface area (Å²) in [7, 11) is 0. The smallest absolute Gasteiger partial charge is 0.274 e. The van der Waals surface area contributed by atoms with E-state index in [4.69, 9.17) is 0 Å². The van der Waals surface area contributed by atoms with Gasteiger partial charge in [0.1, 0.15) is 5.82 Å². The van der Waals surface area contributed by atoms with E-state index in [-0.39, 0.29) is 10.6 Å². The van der Waals surface area contributed by atoms with E-state index < -0.39 is 0 Å². The van der Waals surface area contributed by atoms with Gasteiger partial charge in [0.15, 0.2) is 0 Å². The van der Waals surface area contributed by atoms with Gasteiger partial charge in [0, 0.05) is 17.3 Å². The first-order chi connectivity index (χ1) is 8.58. The number of aromatic nitrogens is 2. The fraction of sp³-hybridized carbons (Fsp3) is 0.250. The number of hydrogen-bond acceptors (Lipinski definition) is 4. The highest BCUT2D eigenvalue weighted by molar-refractivity contribution is 5.59. The van der Waals surface area contributed by atoms with E-state index >= 15 is 0 Å². The number of benzene rings is 1. The average molecular weight is 246 g/mol. The van der Waals surface area contributed by atoms with Gasteiger partial charge in [-0.2, -0.15) is 0 Å². The van der Waals surface area contributed by atoms with E-state index in [1.54, 1.807) is 19.2 Å². The molecular formula is C12H14N4O2. The molecule has 18 heavy (non-hydrogen) atoms. The molecule has 2 N–H and O–H groups in total. The van der Waals surface area contributed by atoms with Crippen LogP contribution in [0.15, 0.2) is 24.4 Å². The summed E-state index contributed by atoms with van der Waals surface area (Å²) in [5, 5.41) is 14.0. The summed E-state index contributed by atoms with van der Waals surface area (Å²) in [6, 6.07) is 5.00. The van der Waals surface area contributed by atoms with Crippen molar-refractivity contribution in [2.75, 3.05) is 5.32 Å². The second kappa shape index (κ2) is 4.87. The molecule has 6 nitrogen and oxygen atoms in total. The molecule has 0 aliphatic carbocycles. The fourth-order valence-corrected chi connectivity index (χ4v) is 1.76. The molecule has 94 valence electrons. The molecular weight excluding hydrogens is 232 g/mol. The van der Waals surface area contributed by atoms with E-state index in [0.717, 1.165) is 17.2 Å². The van der Waals surface area contributed by atoms with Gasteiger partial charge >= 0.3 is 0 Å². The number of anilines is 1. The zero-order valence-corrected chi connectivity index (χ0v) is 10.2. The minimum Gasteiger partial charge on any atom is -0.379 e. The first-order valence-corrected chi connectivity index (χ1v) is 5.56. The predicted octanol–water partition coefficient (Wildman–Crippen LogP) is 2.55. The third kappa shape index (κ3) is 2.48. The molecule has 0 fully saturated rings. The Morgan fingerprint density at radius 3 is 2.83 bits per heavy atom. The lowest BCUT2D eigenvalue weighted by Crippen LogP contribution is -2.03. The van der Waals surface area contributed by atoms with Crippen molar-refractivity contribution in [1.29, 1.82) is 0 Å². The molecule has 1 aromatic carbocycles. The van der Waals surface area contributed by atoms with Gasteiger partial charge in [0.25, 0.3) is 5.69 Å². The Labute approximate surface area is 104 Å². The van der Waals surface area contributed by atoms with Crippen LogP contribution in [0.2, 0.25) is 0 Å². The molecule has 2 rings (SSSR count). The van der Waals surface area contributed by atoms with E-state index in [2.05, 4.69) is 15.3 Å². The Kier molecular flexibility index (Phi) is 3.27. The van der Waals surface area contributed by atoms with E-state index in [9.17, 15) is 10.1 Å². The first-order valence-electron chi connectivity index (χ1n) is 5.56. The zero-order valence-electron chi connectivity index (χ0n) is 10.2. The molecule has 0 amide bonds. The largest absolute Gasteiger partial charge is 0.379 e. The van der Waals surface area contributed by atoms with Crippen molar-refractivity contribution < 1.29 is 4.92 Å². The van der Waals surface area contributed by atoms with Crippen molar-refractivity contribution in [3.8, 4) is 0 Å². The second-order valence-corrected chi connectivity index (χ2v) is 4.05.